The second-order valence-corrected chi connectivity index (χ2v) is 9.16. The van der Waals surface area contributed by atoms with Crippen molar-refractivity contribution in [2.24, 2.45) is 0 Å². The van der Waals surface area contributed by atoms with Gasteiger partial charge in [0.2, 0.25) is 0 Å². The van der Waals surface area contributed by atoms with Crippen molar-refractivity contribution in [3.05, 3.63) is 78.4 Å². The first-order chi connectivity index (χ1) is 18.6. The highest BCUT2D eigenvalue weighted by atomic mass is 16.5. The van der Waals surface area contributed by atoms with Gasteiger partial charge in [-0.25, -0.2) is 4.98 Å². The van der Waals surface area contributed by atoms with Gasteiger partial charge in [-0.05, 0) is 31.0 Å². The lowest BCUT2D eigenvalue weighted by Gasteiger charge is -2.26. The van der Waals surface area contributed by atoms with E-state index in [4.69, 9.17) is 9.26 Å². The van der Waals surface area contributed by atoms with Crippen LogP contribution in [0.3, 0.4) is 0 Å². The third kappa shape index (κ3) is 4.23. The number of methoxy groups -OCH3 is 1. The summed E-state index contributed by atoms with van der Waals surface area (Å²) in [6.07, 6.45) is 4.13. The maximum absolute atomic E-state index is 13.7. The Morgan fingerprint density at radius 3 is 2.55 bits per heavy atom. The highest BCUT2D eigenvalue weighted by Crippen LogP contribution is 2.33. The lowest BCUT2D eigenvalue weighted by molar-refractivity contribution is 0.0766. The van der Waals surface area contributed by atoms with Crippen LogP contribution in [0.25, 0.3) is 28.2 Å². The average Bonchev–Trinajstić information content (AvgIpc) is 3.52. The predicted octanol–water partition coefficient (Wildman–Crippen LogP) is 4.12. The number of hydrogen-bond donors (Lipinski definition) is 0. The Kier molecular flexibility index (Phi) is 6.20. The molecule has 0 spiro atoms. The van der Waals surface area contributed by atoms with Crippen molar-refractivity contribution in [1.29, 1.82) is 0 Å². The van der Waals surface area contributed by atoms with Crippen LogP contribution in [0.15, 0.2) is 71.6 Å². The van der Waals surface area contributed by atoms with E-state index in [-0.39, 0.29) is 5.91 Å². The topological polar surface area (TPSA) is 102 Å². The molecule has 10 heteroatoms. The van der Waals surface area contributed by atoms with Crippen LogP contribution < -0.4 is 9.64 Å². The van der Waals surface area contributed by atoms with E-state index in [1.165, 1.54) is 6.33 Å². The summed E-state index contributed by atoms with van der Waals surface area (Å²) in [6.45, 7) is 4.32. The van der Waals surface area contributed by atoms with Gasteiger partial charge in [-0.15, -0.1) is 0 Å². The largest absolute Gasteiger partial charge is 0.497 e. The van der Waals surface area contributed by atoms with Gasteiger partial charge >= 0.3 is 0 Å². The SMILES string of the molecule is COc1ccc(-c2cnc3ncnn3c2N2CCCN(C(=O)c3c(-c4ccccc4)noc3C)CC2)cc1. The number of aryl methyl sites for hydroxylation is 1. The van der Waals surface area contributed by atoms with E-state index in [0.717, 1.165) is 41.2 Å². The first-order valence-corrected chi connectivity index (χ1v) is 12.5. The molecule has 1 aliphatic heterocycles. The zero-order valence-corrected chi connectivity index (χ0v) is 21.2. The minimum absolute atomic E-state index is 0.0690. The van der Waals surface area contributed by atoms with Gasteiger partial charge < -0.3 is 19.1 Å². The first-order valence-electron chi connectivity index (χ1n) is 12.5. The molecule has 5 aromatic rings. The molecule has 1 amide bonds. The number of nitrogens with zero attached hydrogens (tertiary/aromatic N) is 7. The summed E-state index contributed by atoms with van der Waals surface area (Å²) in [7, 11) is 1.65. The van der Waals surface area contributed by atoms with E-state index in [9.17, 15) is 4.79 Å². The number of fused-ring (bicyclic) bond motifs is 1. The Morgan fingerprint density at radius 1 is 0.947 bits per heavy atom. The molecule has 3 aromatic heterocycles. The van der Waals surface area contributed by atoms with E-state index in [1.807, 2.05) is 65.7 Å². The monoisotopic (exact) mass is 509 g/mol. The summed E-state index contributed by atoms with van der Waals surface area (Å²) in [4.78, 5) is 26.7. The van der Waals surface area contributed by atoms with Crippen molar-refractivity contribution in [2.75, 3.05) is 38.2 Å². The molecule has 0 saturated carbocycles. The molecule has 4 heterocycles. The molecule has 1 saturated heterocycles. The van der Waals surface area contributed by atoms with E-state index in [2.05, 4.69) is 25.1 Å². The van der Waals surface area contributed by atoms with Gasteiger partial charge in [0.05, 0.1) is 7.11 Å². The fourth-order valence-electron chi connectivity index (χ4n) is 4.95. The number of ether oxygens (including phenoxy) is 1. The van der Waals surface area contributed by atoms with Crippen molar-refractivity contribution in [2.45, 2.75) is 13.3 Å². The summed E-state index contributed by atoms with van der Waals surface area (Å²) < 4.78 is 12.6. The number of aromatic nitrogens is 5. The van der Waals surface area contributed by atoms with Crippen molar-refractivity contribution in [3.8, 4) is 28.1 Å². The Bertz CT molecular complexity index is 1580. The lowest BCUT2D eigenvalue weighted by atomic mass is 10.1. The van der Waals surface area contributed by atoms with E-state index in [1.54, 1.807) is 18.5 Å². The first kappa shape index (κ1) is 23.7. The second kappa shape index (κ2) is 9.97. The smallest absolute Gasteiger partial charge is 0.259 e. The molecule has 0 unspecified atom stereocenters. The highest BCUT2D eigenvalue weighted by molar-refractivity contribution is 6.00. The molecular weight excluding hydrogens is 482 g/mol. The normalized spacial score (nSPS) is 14.1. The Labute approximate surface area is 219 Å². The minimum Gasteiger partial charge on any atom is -0.497 e. The van der Waals surface area contributed by atoms with Gasteiger partial charge in [-0.1, -0.05) is 47.6 Å². The van der Waals surface area contributed by atoms with Crippen LogP contribution in [-0.2, 0) is 0 Å². The highest BCUT2D eigenvalue weighted by Gasteiger charge is 2.29. The van der Waals surface area contributed by atoms with Crippen molar-refractivity contribution in [3.63, 3.8) is 0 Å². The van der Waals surface area contributed by atoms with Crippen LogP contribution in [0.4, 0.5) is 5.82 Å². The van der Waals surface area contributed by atoms with Crippen LogP contribution in [0.5, 0.6) is 5.75 Å². The summed E-state index contributed by atoms with van der Waals surface area (Å²) in [5.41, 5.74) is 3.89. The van der Waals surface area contributed by atoms with Crippen molar-refractivity contribution < 1.29 is 14.1 Å². The molecule has 192 valence electrons. The maximum Gasteiger partial charge on any atom is 0.259 e. The average molecular weight is 510 g/mol. The minimum atomic E-state index is -0.0690. The number of benzene rings is 2. The molecule has 2 aromatic carbocycles. The standard InChI is InChI=1S/C28H27N7O3/c1-19-24(25(32-38-19)21-7-4-3-5-8-21)27(36)34-14-6-13-33(15-16-34)26-23(17-29-28-30-18-31-35(26)28)20-9-11-22(37-2)12-10-20/h3-5,7-12,17-18H,6,13-16H2,1-2H3. The van der Waals surface area contributed by atoms with E-state index >= 15 is 0 Å². The molecule has 38 heavy (non-hydrogen) atoms. The Balaban J connectivity index is 1.31. The Hall–Kier alpha value is -4.73. The summed E-state index contributed by atoms with van der Waals surface area (Å²) in [5.74, 6) is 2.67. The number of hydrogen-bond acceptors (Lipinski definition) is 8. The van der Waals surface area contributed by atoms with Crippen LogP contribution in [-0.4, -0.2) is 68.8 Å². The molecular formula is C28H27N7O3. The molecule has 10 nitrogen and oxygen atoms in total. The number of anilines is 1. The number of rotatable bonds is 5. The molecule has 0 bridgehead atoms. The number of amides is 1. The quantitative estimate of drug-likeness (QED) is 0.349. The lowest BCUT2D eigenvalue weighted by Crippen LogP contribution is -2.36. The summed E-state index contributed by atoms with van der Waals surface area (Å²) in [5, 5.41) is 8.68. The van der Waals surface area contributed by atoms with Crippen molar-refractivity contribution >= 4 is 17.5 Å². The number of carbonyl (C=O) groups excluding carboxylic acids is 1. The molecule has 0 aliphatic carbocycles. The second-order valence-electron chi connectivity index (χ2n) is 9.16. The van der Waals surface area contributed by atoms with Gasteiger partial charge in [0.15, 0.2) is 0 Å². The van der Waals surface area contributed by atoms with Gasteiger partial charge in [0.25, 0.3) is 11.7 Å². The van der Waals surface area contributed by atoms with Crippen molar-refractivity contribution in [1.82, 2.24) is 29.6 Å². The van der Waals surface area contributed by atoms with Gasteiger partial charge in [0, 0.05) is 43.5 Å². The molecule has 0 atom stereocenters. The van der Waals surface area contributed by atoms with E-state index < -0.39 is 0 Å². The fraction of sp³-hybridized carbons (Fsp3) is 0.250. The van der Waals surface area contributed by atoms with E-state index in [0.29, 0.717) is 42.4 Å². The van der Waals surface area contributed by atoms with Crippen LogP contribution in [0, 0.1) is 6.92 Å². The molecule has 1 aliphatic rings. The molecule has 0 N–H and O–H groups in total. The third-order valence-corrected chi connectivity index (χ3v) is 6.89. The summed E-state index contributed by atoms with van der Waals surface area (Å²) >= 11 is 0. The third-order valence-electron chi connectivity index (χ3n) is 6.89. The van der Waals surface area contributed by atoms with Crippen LogP contribution in [0.1, 0.15) is 22.5 Å². The molecule has 6 rings (SSSR count). The Morgan fingerprint density at radius 2 is 1.76 bits per heavy atom. The van der Waals surface area contributed by atoms with Gasteiger partial charge in [-0.3, -0.25) is 4.79 Å². The van der Waals surface area contributed by atoms with Crippen LogP contribution >= 0.6 is 0 Å². The van der Waals surface area contributed by atoms with Gasteiger partial charge in [-0.2, -0.15) is 14.6 Å². The molecule has 1 fully saturated rings. The maximum atomic E-state index is 13.7. The van der Waals surface area contributed by atoms with Gasteiger partial charge in [0.1, 0.15) is 34.9 Å². The molecule has 0 radical (unpaired) electrons. The zero-order valence-electron chi connectivity index (χ0n) is 21.2. The summed E-state index contributed by atoms with van der Waals surface area (Å²) in [6, 6.07) is 17.5. The predicted molar refractivity (Wildman–Crippen MR) is 142 cm³/mol. The van der Waals surface area contributed by atoms with Crippen LogP contribution in [0.2, 0.25) is 0 Å². The fourth-order valence-corrected chi connectivity index (χ4v) is 4.95. The number of carbonyl (C=O) groups is 1. The zero-order chi connectivity index (χ0) is 26.1.